The van der Waals surface area contributed by atoms with E-state index in [0.717, 1.165) is 6.54 Å². The van der Waals surface area contributed by atoms with Crippen molar-refractivity contribution in [3.8, 4) is 11.3 Å². The summed E-state index contributed by atoms with van der Waals surface area (Å²) < 4.78 is 2.38. The van der Waals surface area contributed by atoms with Gasteiger partial charge < -0.3 is 4.57 Å². The van der Waals surface area contributed by atoms with Gasteiger partial charge in [-0.15, -0.1) is 11.8 Å². The molecule has 1 nitrogen and oxygen atoms in total. The van der Waals surface area contributed by atoms with Crippen LogP contribution in [0.3, 0.4) is 0 Å². The molecule has 1 aliphatic rings. The van der Waals surface area contributed by atoms with Crippen LogP contribution in [0.1, 0.15) is 5.69 Å². The summed E-state index contributed by atoms with van der Waals surface area (Å²) >= 11 is 1.82. The number of hydrogen-bond donors (Lipinski definition) is 0. The van der Waals surface area contributed by atoms with Crippen molar-refractivity contribution in [3.05, 3.63) is 48.2 Å². The van der Waals surface area contributed by atoms with Crippen LogP contribution in [0, 0.1) is 0 Å². The van der Waals surface area contributed by atoms with Crippen LogP contribution in [0.2, 0.25) is 0 Å². The number of nitrogens with zero attached hydrogens (tertiary/aromatic N) is 1. The highest BCUT2D eigenvalue weighted by atomic mass is 32.2. The minimum Gasteiger partial charge on any atom is -0.336 e. The fourth-order valence-electron chi connectivity index (χ4n) is 2.21. The lowest BCUT2D eigenvalue weighted by Crippen LogP contribution is -1.95. The molecule has 0 aliphatic carbocycles. The van der Waals surface area contributed by atoms with E-state index >= 15 is 0 Å². The van der Waals surface area contributed by atoms with Gasteiger partial charge in [0.2, 0.25) is 0 Å². The van der Waals surface area contributed by atoms with Gasteiger partial charge in [-0.25, -0.2) is 0 Å². The van der Waals surface area contributed by atoms with Crippen LogP contribution in [0.4, 0.5) is 0 Å². The summed E-state index contributed by atoms with van der Waals surface area (Å²) in [5.74, 6) is 0. The third-order valence-electron chi connectivity index (χ3n) is 2.94. The summed E-state index contributed by atoms with van der Waals surface area (Å²) in [5.41, 5.74) is 3.98. The number of rotatable bonds is 2. The number of benzene rings is 1. The zero-order valence-corrected chi connectivity index (χ0v) is 10.00. The number of thioether (sulfide) groups is 1. The predicted molar refractivity (Wildman–Crippen MR) is 70.7 cm³/mol. The van der Waals surface area contributed by atoms with Crippen molar-refractivity contribution in [2.45, 2.75) is 11.4 Å². The Morgan fingerprint density at radius 2 is 2.00 bits per heavy atom. The Balaban J connectivity index is 2.21. The monoisotopic (exact) mass is 227 g/mol. The van der Waals surface area contributed by atoms with Gasteiger partial charge in [0.1, 0.15) is 0 Å². The molecule has 2 heteroatoms. The molecule has 1 aliphatic heterocycles. The van der Waals surface area contributed by atoms with Gasteiger partial charge in [0.25, 0.3) is 0 Å². The molecule has 80 valence electrons. The lowest BCUT2D eigenvalue weighted by molar-refractivity contribution is 0.851. The van der Waals surface area contributed by atoms with E-state index < -0.39 is 0 Å². The molecule has 0 fully saturated rings. The second-order valence-electron chi connectivity index (χ2n) is 3.87. The normalized spacial score (nSPS) is 13.1. The first-order valence-electron chi connectivity index (χ1n) is 5.39. The van der Waals surface area contributed by atoms with Crippen molar-refractivity contribution >= 4 is 17.8 Å². The summed E-state index contributed by atoms with van der Waals surface area (Å²) in [4.78, 5) is 1.37. The average Bonchev–Trinajstić information content (AvgIpc) is 2.89. The van der Waals surface area contributed by atoms with E-state index in [0.29, 0.717) is 0 Å². The molecule has 0 amide bonds. The number of allylic oxidation sites excluding steroid dienone is 1. The molecule has 0 saturated carbocycles. The number of aromatic nitrogens is 1. The molecule has 2 heterocycles. The maximum Gasteiger partial charge on any atom is 0.0626 e. The van der Waals surface area contributed by atoms with Crippen LogP contribution >= 0.6 is 11.8 Å². The highest BCUT2D eigenvalue weighted by Crippen LogP contribution is 2.35. The molecular formula is C14H13NS. The molecule has 3 rings (SSSR count). The van der Waals surface area contributed by atoms with Crippen molar-refractivity contribution in [1.82, 2.24) is 4.57 Å². The van der Waals surface area contributed by atoms with E-state index in [1.807, 2.05) is 11.8 Å². The Morgan fingerprint density at radius 3 is 2.75 bits per heavy atom. The molecule has 0 N–H and O–H groups in total. The van der Waals surface area contributed by atoms with E-state index in [1.54, 1.807) is 0 Å². The molecule has 0 spiro atoms. The fourth-order valence-corrected chi connectivity index (χ4v) is 2.87. The Bertz CT molecular complexity index is 537. The van der Waals surface area contributed by atoms with Gasteiger partial charge in [-0.1, -0.05) is 36.4 Å². The first kappa shape index (κ1) is 9.79. The van der Waals surface area contributed by atoms with Gasteiger partial charge in [0.15, 0.2) is 0 Å². The standard InChI is InChI=1S/C14H13NS/c1-16-13-10-12-8-5-9-15(12)14(13)11-6-3-2-4-7-11/h2-8,10H,9H2,1H3. The quantitative estimate of drug-likeness (QED) is 0.704. The van der Waals surface area contributed by atoms with Crippen molar-refractivity contribution < 1.29 is 0 Å². The van der Waals surface area contributed by atoms with Crippen molar-refractivity contribution in [2.24, 2.45) is 0 Å². The van der Waals surface area contributed by atoms with E-state index in [4.69, 9.17) is 0 Å². The molecule has 0 unspecified atom stereocenters. The van der Waals surface area contributed by atoms with Crippen LogP contribution in [0.5, 0.6) is 0 Å². The molecule has 2 aromatic rings. The summed E-state index contributed by atoms with van der Waals surface area (Å²) in [6, 6.07) is 12.9. The lowest BCUT2D eigenvalue weighted by Gasteiger charge is -2.08. The van der Waals surface area contributed by atoms with Gasteiger partial charge in [-0.3, -0.25) is 0 Å². The Kier molecular flexibility index (Phi) is 2.37. The first-order chi connectivity index (χ1) is 7.90. The zero-order chi connectivity index (χ0) is 11.0. The molecule has 0 atom stereocenters. The molecule has 16 heavy (non-hydrogen) atoms. The van der Waals surface area contributed by atoms with Gasteiger partial charge in [-0.2, -0.15) is 0 Å². The third-order valence-corrected chi connectivity index (χ3v) is 3.69. The average molecular weight is 227 g/mol. The van der Waals surface area contributed by atoms with Gasteiger partial charge in [0.05, 0.1) is 5.69 Å². The van der Waals surface area contributed by atoms with E-state index in [-0.39, 0.29) is 0 Å². The summed E-state index contributed by atoms with van der Waals surface area (Å²) in [7, 11) is 0. The second kappa shape index (κ2) is 3.87. The summed E-state index contributed by atoms with van der Waals surface area (Å²) in [6.07, 6.45) is 6.55. The topological polar surface area (TPSA) is 4.93 Å². The lowest BCUT2D eigenvalue weighted by atomic mass is 10.1. The third kappa shape index (κ3) is 1.41. The molecule has 0 radical (unpaired) electrons. The first-order valence-corrected chi connectivity index (χ1v) is 6.62. The maximum atomic E-state index is 2.38. The SMILES string of the molecule is CSc1cc2n(c1-c1ccccc1)CC=C2. The highest BCUT2D eigenvalue weighted by molar-refractivity contribution is 7.98. The molecular weight excluding hydrogens is 214 g/mol. The minimum atomic E-state index is 1.00. The van der Waals surface area contributed by atoms with Crippen molar-refractivity contribution in [1.29, 1.82) is 0 Å². The van der Waals surface area contributed by atoms with Crippen LogP contribution in [-0.4, -0.2) is 10.8 Å². The van der Waals surface area contributed by atoms with Crippen LogP contribution < -0.4 is 0 Å². The van der Waals surface area contributed by atoms with E-state index in [9.17, 15) is 0 Å². The van der Waals surface area contributed by atoms with Crippen LogP contribution in [-0.2, 0) is 6.54 Å². The van der Waals surface area contributed by atoms with E-state index in [1.165, 1.54) is 21.8 Å². The Labute approximate surface area is 99.8 Å². The number of hydrogen-bond acceptors (Lipinski definition) is 1. The molecule has 1 aromatic heterocycles. The predicted octanol–water partition coefficient (Wildman–Crippen LogP) is 3.90. The summed E-state index contributed by atoms with van der Waals surface area (Å²) in [6.45, 7) is 1.00. The summed E-state index contributed by atoms with van der Waals surface area (Å²) in [5, 5.41) is 0. The molecule has 0 saturated heterocycles. The Morgan fingerprint density at radius 1 is 1.19 bits per heavy atom. The van der Waals surface area contributed by atoms with Gasteiger partial charge in [0, 0.05) is 17.1 Å². The molecule has 0 bridgehead atoms. The number of fused-ring (bicyclic) bond motifs is 1. The fraction of sp³-hybridized carbons (Fsp3) is 0.143. The van der Waals surface area contributed by atoms with Gasteiger partial charge in [-0.05, 0) is 24.0 Å². The maximum absolute atomic E-state index is 2.38. The van der Waals surface area contributed by atoms with Crippen LogP contribution in [0.15, 0.2) is 47.4 Å². The Hall–Kier alpha value is -1.41. The zero-order valence-electron chi connectivity index (χ0n) is 9.18. The van der Waals surface area contributed by atoms with Gasteiger partial charge >= 0.3 is 0 Å². The van der Waals surface area contributed by atoms with Crippen molar-refractivity contribution in [2.75, 3.05) is 6.26 Å². The van der Waals surface area contributed by atoms with E-state index in [2.05, 4.69) is 59.4 Å². The van der Waals surface area contributed by atoms with Crippen LogP contribution in [0.25, 0.3) is 17.3 Å². The largest absolute Gasteiger partial charge is 0.336 e. The highest BCUT2D eigenvalue weighted by Gasteiger charge is 2.16. The minimum absolute atomic E-state index is 1.00. The second-order valence-corrected chi connectivity index (χ2v) is 4.71. The van der Waals surface area contributed by atoms with Crippen molar-refractivity contribution in [3.63, 3.8) is 0 Å². The smallest absolute Gasteiger partial charge is 0.0626 e. The molecule has 1 aromatic carbocycles.